The molecule has 0 spiro atoms. The van der Waals surface area contributed by atoms with Crippen LogP contribution in [-0.2, 0) is 9.59 Å². The molecule has 4 aliphatic rings. The van der Waals surface area contributed by atoms with Gasteiger partial charge in [0.2, 0.25) is 12.3 Å². The van der Waals surface area contributed by atoms with E-state index in [9.17, 15) is 34.4 Å². The Balaban J connectivity index is 0.000000140. The maximum absolute atomic E-state index is 16.6. The lowest BCUT2D eigenvalue weighted by Crippen LogP contribution is -2.48. The normalized spacial score (nSPS) is 14.3. The summed E-state index contributed by atoms with van der Waals surface area (Å²) in [6.45, 7) is 19.5. The molecule has 0 aliphatic carbocycles. The van der Waals surface area contributed by atoms with E-state index in [0.29, 0.717) is 158 Å². The van der Waals surface area contributed by atoms with E-state index in [1.54, 1.807) is 59.2 Å². The van der Waals surface area contributed by atoms with E-state index in [-0.39, 0.29) is 96.0 Å². The van der Waals surface area contributed by atoms with Crippen LogP contribution in [0.1, 0.15) is 63.0 Å². The number of fused-ring (bicyclic) bond motifs is 7. The molecule has 4 fully saturated rings. The minimum absolute atomic E-state index is 0.0194. The molecule has 19 rings (SSSR count). The second-order valence-electron chi connectivity index (χ2n) is 38.5. The second kappa shape index (κ2) is 47.8. The first-order valence-corrected chi connectivity index (χ1v) is 50.3. The summed E-state index contributed by atoms with van der Waals surface area (Å²) in [7, 11) is 18.0. The van der Waals surface area contributed by atoms with Crippen LogP contribution in [0.2, 0.25) is 10.0 Å². The number of piperazine rings is 3. The van der Waals surface area contributed by atoms with Crippen LogP contribution in [0.25, 0.3) is 120 Å². The van der Waals surface area contributed by atoms with Gasteiger partial charge in [0.05, 0.1) is 42.0 Å². The second-order valence-corrected chi connectivity index (χ2v) is 39.3. The van der Waals surface area contributed by atoms with Crippen molar-refractivity contribution in [3.05, 3.63) is 202 Å². The average Bonchev–Trinajstić information content (AvgIpc) is 0.749. The Labute approximate surface area is 861 Å². The number of ether oxygens (including phenoxy) is 4. The standard InChI is InChI=1S/C30H34FN5O3.C29H33FN4O2.C28H31ClFN5O2.C24H26ClF2N5O3/c1-19-16-25-28(27(31)26(19)24-18-22(38)17-21-8-5-6-9-23(21)24)32-30(39-15-7-10-34(3)4)33-29(25)36-13-11-35(12-14-36)20(2)37;1-19-16-24-27(26(30)25(19)23-18-21(35)17-20-10-5-6-11-22(20)23)31-29(36-15-9-12-33(2)3)32-28(24)34-13-7-4-8-14-34;1-33(2)9-6-14-37-28-31-26-22(27(32-28)35-12-10-34(3)11-13-35)17-23(29)24(25(26)30)21-16-19(36)15-18-7-4-5-8-20(18)21;1-30(2)7-4-12-35-24-28-22-15(23(29-24)32-10-8-31(14-33)9-11-32)13-16(25)19(21(22)27)20-17(26)5-3-6-18(20)34/h5-6,8-9,16-18,38H,7,10-15H2,1-4H3;5-6,10-11,16-18,35H,4,7-9,12-15H2,1-3H3;4-5,7-8,15-17,36H,6,9-14H2,1-3H3;3,5-6,13-14,34H,4,7-12H2,1-2H3. The predicted molar refractivity (Wildman–Crippen MR) is 573 cm³/mol. The Morgan fingerprint density at radius 2 is 0.687 bits per heavy atom. The van der Waals surface area contributed by atoms with Gasteiger partial charge in [-0.15, -0.1) is 0 Å². The fourth-order valence-corrected chi connectivity index (χ4v) is 19.7. The van der Waals surface area contributed by atoms with Crippen LogP contribution >= 0.6 is 23.2 Å². The molecule has 15 aromatic rings. The van der Waals surface area contributed by atoms with E-state index < -0.39 is 34.8 Å². The first-order valence-electron chi connectivity index (χ1n) is 49.5. The minimum atomic E-state index is -0.888. The van der Waals surface area contributed by atoms with Crippen molar-refractivity contribution in [2.75, 3.05) is 227 Å². The highest BCUT2D eigenvalue weighted by atomic mass is 35.5. The van der Waals surface area contributed by atoms with Crippen LogP contribution < -0.4 is 38.5 Å². The topological polar surface area (TPSA) is 291 Å². The number of hydrogen-bond donors (Lipinski definition) is 4. The van der Waals surface area contributed by atoms with Gasteiger partial charge >= 0.3 is 24.0 Å². The highest BCUT2D eigenvalue weighted by molar-refractivity contribution is 6.35. The van der Waals surface area contributed by atoms with Crippen molar-refractivity contribution in [3.8, 4) is 91.5 Å². The number of aromatic hydroxyl groups is 4. The molecule has 0 unspecified atom stereocenters. The maximum atomic E-state index is 16.6. The number of phenolic OH excluding ortho intramolecular Hbond substituents is 4. The van der Waals surface area contributed by atoms with Crippen molar-refractivity contribution in [1.29, 1.82) is 0 Å². The molecule has 0 atom stereocenters. The Hall–Kier alpha value is -13.9. The molecule has 36 heteroatoms. The van der Waals surface area contributed by atoms with Gasteiger partial charge in [-0.25, -0.2) is 22.0 Å². The van der Waals surface area contributed by atoms with Crippen molar-refractivity contribution in [2.45, 2.75) is 65.7 Å². The van der Waals surface area contributed by atoms with Crippen molar-refractivity contribution in [1.82, 2.24) is 74.2 Å². The Bertz CT molecular complexity index is 7300. The number of likely N-dealkylation sites (N-methyl/N-ethyl adjacent to an activating group) is 1. The number of anilines is 4. The Morgan fingerprint density at radius 3 is 1.04 bits per heavy atom. The molecule has 4 aromatic heterocycles. The number of nitrogens with zero attached hydrogens (tertiary/aromatic N) is 19. The number of rotatable bonds is 29. The van der Waals surface area contributed by atoms with Crippen LogP contribution in [0.4, 0.5) is 45.2 Å². The van der Waals surface area contributed by atoms with Crippen molar-refractivity contribution < 1.29 is 70.9 Å². The molecule has 0 bridgehead atoms. The van der Waals surface area contributed by atoms with Crippen molar-refractivity contribution >= 4 is 135 Å². The number of benzene rings is 11. The van der Waals surface area contributed by atoms with E-state index in [1.807, 2.05) is 165 Å². The van der Waals surface area contributed by atoms with Gasteiger partial charge in [0, 0.05) is 169 Å². The fourth-order valence-electron chi connectivity index (χ4n) is 19.2. The Morgan fingerprint density at radius 1 is 0.367 bits per heavy atom. The van der Waals surface area contributed by atoms with E-state index in [0.717, 1.165) is 154 Å². The van der Waals surface area contributed by atoms with Crippen LogP contribution in [-0.4, -0.2) is 315 Å². The molecule has 29 nitrogen and oxygen atoms in total. The monoisotopic (exact) mass is 2050 g/mol. The molecule has 4 saturated heterocycles. The number of phenols is 4. The maximum Gasteiger partial charge on any atom is 0.319 e. The zero-order valence-corrected chi connectivity index (χ0v) is 86.4. The minimum Gasteiger partial charge on any atom is -0.508 e. The third kappa shape index (κ3) is 24.7. The first kappa shape index (κ1) is 106. The summed E-state index contributed by atoms with van der Waals surface area (Å²) in [5.74, 6) is -0.997. The van der Waals surface area contributed by atoms with E-state index in [1.165, 1.54) is 24.6 Å². The lowest BCUT2D eigenvalue weighted by molar-refractivity contribution is -0.129. The summed E-state index contributed by atoms with van der Waals surface area (Å²) < 4.78 is 103. The molecule has 4 N–H and O–H groups in total. The summed E-state index contributed by atoms with van der Waals surface area (Å²) >= 11 is 13.2. The van der Waals surface area contributed by atoms with Crippen molar-refractivity contribution in [2.24, 2.45) is 0 Å². The number of carbonyl (C=O) groups excluding carboxylic acids is 2. The third-order valence-electron chi connectivity index (χ3n) is 26.6. The predicted octanol–water partition coefficient (Wildman–Crippen LogP) is 19.1. The van der Waals surface area contributed by atoms with Gasteiger partial charge in [0.1, 0.15) is 74.2 Å². The number of aromatic nitrogens is 8. The molecular weight excluding hydrogens is 1930 g/mol. The van der Waals surface area contributed by atoms with Gasteiger partial charge in [-0.3, -0.25) is 9.59 Å². The molecular formula is C111H124Cl2F5N19O10. The quantitative estimate of drug-likeness (QED) is 0.0192. The van der Waals surface area contributed by atoms with Crippen LogP contribution in [0.15, 0.2) is 152 Å². The third-order valence-corrected chi connectivity index (χ3v) is 27.2. The lowest BCUT2D eigenvalue weighted by Gasteiger charge is -2.35. The van der Waals surface area contributed by atoms with E-state index in [4.69, 9.17) is 57.1 Å². The number of amides is 2. The summed E-state index contributed by atoms with van der Waals surface area (Å²) in [5, 5.41) is 48.7. The van der Waals surface area contributed by atoms with E-state index >= 15 is 17.6 Å². The zero-order valence-electron chi connectivity index (χ0n) is 84.9. The smallest absolute Gasteiger partial charge is 0.319 e. The largest absolute Gasteiger partial charge is 0.508 e. The van der Waals surface area contributed by atoms with Crippen molar-refractivity contribution in [3.63, 3.8) is 0 Å². The van der Waals surface area contributed by atoms with Gasteiger partial charge in [-0.2, -0.15) is 39.9 Å². The first-order chi connectivity index (χ1) is 70.7. The van der Waals surface area contributed by atoms with Gasteiger partial charge in [-0.05, 0) is 255 Å². The molecule has 4 aliphatic heterocycles. The number of piperidine rings is 1. The number of aryl methyl sites for hydroxylation is 2. The number of carbonyl (C=O) groups is 2. The van der Waals surface area contributed by atoms with E-state index in [2.05, 4.69) is 66.3 Å². The highest BCUT2D eigenvalue weighted by Crippen LogP contribution is 2.48. The molecule has 147 heavy (non-hydrogen) atoms. The zero-order chi connectivity index (χ0) is 104. The summed E-state index contributed by atoms with van der Waals surface area (Å²) in [5.41, 5.74) is 4.11. The average molecular weight is 2050 g/mol. The van der Waals surface area contributed by atoms with Crippen LogP contribution in [0.3, 0.4) is 0 Å². The number of halogens is 7. The molecule has 0 saturated carbocycles. The molecule has 8 heterocycles. The summed E-state index contributed by atoms with van der Waals surface area (Å²) in [6.07, 6.45) is 7.25. The summed E-state index contributed by atoms with van der Waals surface area (Å²) in [6, 6.07) is 43.9. The van der Waals surface area contributed by atoms with Crippen LogP contribution in [0.5, 0.6) is 47.0 Å². The van der Waals surface area contributed by atoms with Gasteiger partial charge in [0.15, 0.2) is 23.3 Å². The van der Waals surface area contributed by atoms with Crippen LogP contribution in [0, 0.1) is 42.9 Å². The molecule has 772 valence electrons. The highest BCUT2D eigenvalue weighted by Gasteiger charge is 2.33. The van der Waals surface area contributed by atoms with Gasteiger partial charge in [-0.1, -0.05) is 102 Å². The van der Waals surface area contributed by atoms with Gasteiger partial charge < -0.3 is 93.3 Å². The Kier molecular flexibility index (Phi) is 34.4. The lowest BCUT2D eigenvalue weighted by atomic mass is 9.93. The molecule has 11 aromatic carbocycles. The molecule has 0 radical (unpaired) electrons. The number of hydrogen-bond acceptors (Lipinski definition) is 27. The fraction of sp³-hybridized carbons (Fsp3) is 0.369. The van der Waals surface area contributed by atoms with Gasteiger partial charge in [0.25, 0.3) is 0 Å². The molecule has 2 amide bonds. The SMILES string of the molecule is CC(=O)N1CCN(c2nc(OCCCN(C)C)nc3c(F)c(-c4cc(O)cc5ccccc45)c(C)cc23)CC1.CN(C)CCCOc1nc(N2CCN(C)CC2)c2cc(Cl)c(-c3cc(O)cc4ccccc34)c(F)c2n1.CN(C)CCCOc1nc(N2CCN(C=O)CC2)c2cc(Cl)c(-c3c(O)cccc3F)c(F)c2n1.Cc1cc2c(N3CCCCC3)nc(OCCCN(C)C)nc2c(F)c1-c1cc(O)cc2ccccc12. The summed E-state index contributed by atoms with van der Waals surface area (Å²) in [4.78, 5) is 81.9.